The summed E-state index contributed by atoms with van der Waals surface area (Å²) in [6.45, 7) is 0.887. The fourth-order valence-corrected chi connectivity index (χ4v) is 4.11. The molecule has 5 nitrogen and oxygen atoms in total. The molecule has 4 rings (SSSR count). The van der Waals surface area contributed by atoms with Gasteiger partial charge in [-0.15, -0.1) is 0 Å². The van der Waals surface area contributed by atoms with Crippen LogP contribution in [0.2, 0.25) is 10.0 Å². The molecule has 0 atom stereocenters. The third kappa shape index (κ3) is 3.29. The van der Waals surface area contributed by atoms with E-state index in [9.17, 15) is 0 Å². The van der Waals surface area contributed by atoms with Crippen molar-refractivity contribution >= 4 is 29.0 Å². The van der Waals surface area contributed by atoms with Crippen LogP contribution in [0, 0.1) is 0 Å². The average Bonchev–Trinajstić information content (AvgIpc) is 2.88. The number of fused-ring (bicyclic) bond motifs is 1. The lowest BCUT2D eigenvalue weighted by molar-refractivity contribution is 0.356. The van der Waals surface area contributed by atoms with Gasteiger partial charge in [0.15, 0.2) is 11.5 Å². The first-order valence-corrected chi connectivity index (χ1v) is 9.92. The summed E-state index contributed by atoms with van der Waals surface area (Å²) in [5.74, 6) is 2.31. The SMILES string of the molecule is COc1cccc(-c2nn(-c3ccc(Cl)cc3Cl)c3c2CCCCN3)c1OC. The van der Waals surface area contributed by atoms with Crippen molar-refractivity contribution in [3.63, 3.8) is 0 Å². The third-order valence-electron chi connectivity index (χ3n) is 4.93. The number of nitrogens with one attached hydrogen (secondary N) is 1. The van der Waals surface area contributed by atoms with Crippen LogP contribution in [0.15, 0.2) is 36.4 Å². The molecule has 3 aromatic rings. The highest BCUT2D eigenvalue weighted by molar-refractivity contribution is 6.35. The third-order valence-corrected chi connectivity index (χ3v) is 5.46. The van der Waals surface area contributed by atoms with Crippen LogP contribution in [0.3, 0.4) is 0 Å². The molecule has 0 bridgehead atoms. The molecular weight excluding hydrogens is 397 g/mol. The van der Waals surface area contributed by atoms with Crippen molar-refractivity contribution in [2.24, 2.45) is 0 Å². The molecule has 0 amide bonds. The van der Waals surface area contributed by atoms with Crippen molar-refractivity contribution < 1.29 is 9.47 Å². The quantitative estimate of drug-likeness (QED) is 0.598. The van der Waals surface area contributed by atoms with E-state index in [1.807, 2.05) is 35.0 Å². The minimum Gasteiger partial charge on any atom is -0.493 e. The van der Waals surface area contributed by atoms with Crippen LogP contribution in [0.1, 0.15) is 18.4 Å². The largest absolute Gasteiger partial charge is 0.493 e. The second kappa shape index (κ2) is 7.94. The summed E-state index contributed by atoms with van der Waals surface area (Å²) >= 11 is 12.6. The Bertz CT molecular complexity index is 1020. The minimum absolute atomic E-state index is 0.549. The smallest absolute Gasteiger partial charge is 0.170 e. The summed E-state index contributed by atoms with van der Waals surface area (Å²) in [5.41, 5.74) is 3.69. The zero-order chi connectivity index (χ0) is 19.7. The molecule has 0 spiro atoms. The summed E-state index contributed by atoms with van der Waals surface area (Å²) < 4.78 is 13.0. The summed E-state index contributed by atoms with van der Waals surface area (Å²) in [6.07, 6.45) is 3.10. The van der Waals surface area contributed by atoms with Crippen molar-refractivity contribution in [1.29, 1.82) is 0 Å². The van der Waals surface area contributed by atoms with E-state index < -0.39 is 0 Å². The van der Waals surface area contributed by atoms with Gasteiger partial charge in [0.25, 0.3) is 0 Å². The first kappa shape index (κ1) is 19.0. The van der Waals surface area contributed by atoms with Gasteiger partial charge in [0.2, 0.25) is 0 Å². The number of aromatic nitrogens is 2. The van der Waals surface area contributed by atoms with Gasteiger partial charge in [-0.05, 0) is 49.6 Å². The highest BCUT2D eigenvalue weighted by Gasteiger charge is 2.25. The number of ether oxygens (including phenoxy) is 2. The Morgan fingerprint density at radius 3 is 2.68 bits per heavy atom. The Morgan fingerprint density at radius 2 is 1.93 bits per heavy atom. The molecule has 0 saturated heterocycles. The van der Waals surface area contributed by atoms with Crippen LogP contribution < -0.4 is 14.8 Å². The van der Waals surface area contributed by atoms with E-state index in [1.165, 1.54) is 0 Å². The second-order valence-electron chi connectivity index (χ2n) is 6.61. The standard InChI is InChI=1S/C21H21Cl2N3O2/c1-27-18-8-5-7-14(20(18)28-2)19-15-6-3-4-11-24-21(15)26(25-19)17-10-9-13(22)12-16(17)23/h5,7-10,12,24H,3-4,6,11H2,1-2H3. The van der Waals surface area contributed by atoms with Crippen molar-refractivity contribution in [2.75, 3.05) is 26.1 Å². The van der Waals surface area contributed by atoms with Gasteiger partial charge in [0.05, 0.1) is 24.9 Å². The molecule has 2 aromatic carbocycles. The molecule has 28 heavy (non-hydrogen) atoms. The summed E-state index contributed by atoms with van der Waals surface area (Å²) in [4.78, 5) is 0. The van der Waals surface area contributed by atoms with Gasteiger partial charge in [0, 0.05) is 22.7 Å². The lowest BCUT2D eigenvalue weighted by Crippen LogP contribution is -2.07. The van der Waals surface area contributed by atoms with E-state index in [-0.39, 0.29) is 0 Å². The number of nitrogens with zero attached hydrogens (tertiary/aromatic N) is 2. The molecule has 1 aliphatic rings. The van der Waals surface area contributed by atoms with E-state index in [4.69, 9.17) is 37.8 Å². The van der Waals surface area contributed by atoms with Gasteiger partial charge in [-0.3, -0.25) is 0 Å². The number of hydrogen-bond acceptors (Lipinski definition) is 4. The van der Waals surface area contributed by atoms with Crippen molar-refractivity contribution in [1.82, 2.24) is 9.78 Å². The van der Waals surface area contributed by atoms with Gasteiger partial charge in [0.1, 0.15) is 11.5 Å². The normalized spacial score (nSPS) is 13.4. The molecule has 7 heteroatoms. The van der Waals surface area contributed by atoms with Gasteiger partial charge in [-0.1, -0.05) is 29.3 Å². The molecule has 146 valence electrons. The van der Waals surface area contributed by atoms with Crippen molar-refractivity contribution in [3.8, 4) is 28.4 Å². The maximum atomic E-state index is 6.49. The molecular formula is C21H21Cl2N3O2. The Hall–Kier alpha value is -2.37. The van der Waals surface area contributed by atoms with Crippen LogP contribution >= 0.6 is 23.2 Å². The number of halogens is 2. The Balaban J connectivity index is 1.96. The Morgan fingerprint density at radius 1 is 1.07 bits per heavy atom. The minimum atomic E-state index is 0.549. The maximum Gasteiger partial charge on any atom is 0.170 e. The zero-order valence-electron chi connectivity index (χ0n) is 15.8. The second-order valence-corrected chi connectivity index (χ2v) is 7.45. The molecule has 1 aliphatic heterocycles. The molecule has 2 heterocycles. The van der Waals surface area contributed by atoms with Crippen LogP contribution in [-0.2, 0) is 6.42 Å². The topological polar surface area (TPSA) is 48.3 Å². The fourth-order valence-electron chi connectivity index (χ4n) is 3.62. The summed E-state index contributed by atoms with van der Waals surface area (Å²) in [5, 5.41) is 9.61. The highest BCUT2D eigenvalue weighted by Crippen LogP contribution is 2.42. The van der Waals surface area contributed by atoms with E-state index in [1.54, 1.807) is 20.3 Å². The lowest BCUT2D eigenvalue weighted by Gasteiger charge is -2.12. The first-order valence-electron chi connectivity index (χ1n) is 9.16. The molecule has 0 saturated carbocycles. The number of benzene rings is 2. The fraction of sp³-hybridized carbons (Fsp3) is 0.286. The van der Waals surface area contributed by atoms with Crippen molar-refractivity contribution in [3.05, 3.63) is 52.0 Å². The average molecular weight is 418 g/mol. The molecule has 0 aliphatic carbocycles. The molecule has 0 fully saturated rings. The molecule has 0 unspecified atom stereocenters. The predicted octanol–water partition coefficient (Wildman–Crippen LogP) is 5.61. The first-order chi connectivity index (χ1) is 13.6. The molecule has 1 aromatic heterocycles. The lowest BCUT2D eigenvalue weighted by atomic mass is 10.0. The summed E-state index contributed by atoms with van der Waals surface area (Å²) in [7, 11) is 3.28. The van der Waals surface area contributed by atoms with Crippen LogP contribution in [0.25, 0.3) is 16.9 Å². The van der Waals surface area contributed by atoms with Gasteiger partial charge < -0.3 is 14.8 Å². The Labute approximate surface area is 174 Å². The van der Waals surface area contributed by atoms with Crippen LogP contribution in [0.4, 0.5) is 5.82 Å². The zero-order valence-corrected chi connectivity index (χ0v) is 17.3. The number of anilines is 1. The summed E-state index contributed by atoms with van der Waals surface area (Å²) in [6, 6.07) is 11.3. The van der Waals surface area contributed by atoms with E-state index >= 15 is 0 Å². The van der Waals surface area contributed by atoms with E-state index in [0.717, 1.165) is 54.1 Å². The number of rotatable bonds is 4. The number of para-hydroxylation sites is 1. The van der Waals surface area contributed by atoms with Gasteiger partial charge in [-0.2, -0.15) is 5.10 Å². The monoisotopic (exact) mass is 417 g/mol. The van der Waals surface area contributed by atoms with Crippen molar-refractivity contribution in [2.45, 2.75) is 19.3 Å². The predicted molar refractivity (Wildman–Crippen MR) is 114 cm³/mol. The van der Waals surface area contributed by atoms with Gasteiger partial charge >= 0.3 is 0 Å². The van der Waals surface area contributed by atoms with Crippen LogP contribution in [-0.4, -0.2) is 30.5 Å². The highest BCUT2D eigenvalue weighted by atomic mass is 35.5. The number of methoxy groups -OCH3 is 2. The van der Waals surface area contributed by atoms with Crippen LogP contribution in [0.5, 0.6) is 11.5 Å². The number of hydrogen-bond donors (Lipinski definition) is 1. The molecule has 1 N–H and O–H groups in total. The molecule has 0 radical (unpaired) electrons. The maximum absolute atomic E-state index is 6.49. The van der Waals surface area contributed by atoms with E-state index in [2.05, 4.69) is 5.32 Å². The Kier molecular flexibility index (Phi) is 5.38. The van der Waals surface area contributed by atoms with Gasteiger partial charge in [-0.25, -0.2) is 4.68 Å². The van der Waals surface area contributed by atoms with E-state index in [0.29, 0.717) is 21.5 Å².